The molecule has 1 aromatic heterocycles. The van der Waals surface area contributed by atoms with Crippen molar-refractivity contribution >= 4 is 43.4 Å². The molecule has 1 aliphatic rings. The van der Waals surface area contributed by atoms with Gasteiger partial charge >= 0.3 is 0 Å². The standard InChI is InChI=1S/C20H23ClF3N4O3SSi/c1-27(2)10-20(31-3)11-28(8-7-14(20)33)13-9-12(22)19(18(24)17(13)21)32(29,30)26-16-6-4-5-15(23)25-16/h4-6,9,14H,7-8,10-11H2,1-3H3,(H,25,26)/t14-,20-/m0/s1. The largest absolute Gasteiger partial charge is 0.375 e. The zero-order chi connectivity index (χ0) is 24.6. The van der Waals surface area contributed by atoms with E-state index in [-0.39, 0.29) is 17.8 Å². The van der Waals surface area contributed by atoms with Gasteiger partial charge in [0.25, 0.3) is 10.0 Å². The number of hydrogen-bond acceptors (Lipinski definition) is 6. The lowest BCUT2D eigenvalue weighted by Gasteiger charge is -2.48. The summed E-state index contributed by atoms with van der Waals surface area (Å²) in [6, 6.07) is 4.22. The predicted octanol–water partition coefficient (Wildman–Crippen LogP) is 3.07. The van der Waals surface area contributed by atoms with E-state index in [2.05, 4.69) is 15.2 Å². The highest BCUT2D eigenvalue weighted by atomic mass is 35.5. The van der Waals surface area contributed by atoms with Crippen LogP contribution >= 0.6 is 11.6 Å². The number of benzene rings is 1. The topological polar surface area (TPSA) is 74.8 Å². The summed E-state index contributed by atoms with van der Waals surface area (Å²) in [6.07, 6.45) is 0.588. The number of sulfonamides is 1. The van der Waals surface area contributed by atoms with Crippen molar-refractivity contribution in [3.05, 3.63) is 46.9 Å². The van der Waals surface area contributed by atoms with E-state index < -0.39 is 48.9 Å². The molecule has 3 radical (unpaired) electrons. The molecule has 0 spiro atoms. The second-order valence-corrected chi connectivity index (χ2v) is 10.7. The van der Waals surface area contributed by atoms with Crippen LogP contribution in [0.2, 0.25) is 10.6 Å². The summed E-state index contributed by atoms with van der Waals surface area (Å²) in [7, 11) is 4.24. The van der Waals surface area contributed by atoms with Crippen LogP contribution in [0.3, 0.4) is 0 Å². The smallest absolute Gasteiger partial charge is 0.268 e. The maximum atomic E-state index is 15.2. The normalized spacial score (nSPS) is 21.5. The lowest BCUT2D eigenvalue weighted by molar-refractivity contribution is -0.0362. The minimum atomic E-state index is -4.78. The molecule has 0 saturated carbocycles. The van der Waals surface area contributed by atoms with Gasteiger partial charge in [0.2, 0.25) is 5.95 Å². The molecule has 7 nitrogen and oxygen atoms in total. The number of ether oxygens (including phenoxy) is 1. The molecule has 3 rings (SSSR count). The van der Waals surface area contributed by atoms with Crippen molar-refractivity contribution in [1.82, 2.24) is 9.88 Å². The number of aromatic nitrogens is 1. The Morgan fingerprint density at radius 2 is 2.06 bits per heavy atom. The van der Waals surface area contributed by atoms with E-state index in [1.54, 1.807) is 12.0 Å². The van der Waals surface area contributed by atoms with E-state index in [0.29, 0.717) is 19.5 Å². The molecule has 179 valence electrons. The first-order valence-electron chi connectivity index (χ1n) is 9.89. The highest BCUT2D eigenvalue weighted by Gasteiger charge is 2.43. The minimum absolute atomic E-state index is 0.00763. The van der Waals surface area contributed by atoms with Gasteiger partial charge in [-0.3, -0.25) is 4.72 Å². The van der Waals surface area contributed by atoms with Crippen molar-refractivity contribution in [2.24, 2.45) is 0 Å². The summed E-state index contributed by atoms with van der Waals surface area (Å²) in [4.78, 5) is 5.67. The molecule has 2 atom stereocenters. The molecule has 33 heavy (non-hydrogen) atoms. The van der Waals surface area contributed by atoms with Crippen LogP contribution in [0.25, 0.3) is 0 Å². The maximum absolute atomic E-state index is 15.2. The van der Waals surface area contributed by atoms with Gasteiger partial charge in [0, 0.05) is 43.1 Å². The number of piperidine rings is 1. The average molecular weight is 520 g/mol. The van der Waals surface area contributed by atoms with Crippen LogP contribution in [0.4, 0.5) is 24.7 Å². The van der Waals surface area contributed by atoms with Gasteiger partial charge in [-0.05, 0) is 38.2 Å². The first-order chi connectivity index (χ1) is 15.4. The summed E-state index contributed by atoms with van der Waals surface area (Å²) < 4.78 is 76.4. The predicted molar refractivity (Wildman–Crippen MR) is 121 cm³/mol. The second-order valence-electron chi connectivity index (χ2n) is 8.06. The quantitative estimate of drug-likeness (QED) is 0.344. The zero-order valence-electron chi connectivity index (χ0n) is 18.2. The van der Waals surface area contributed by atoms with Crippen molar-refractivity contribution in [3.8, 4) is 0 Å². The van der Waals surface area contributed by atoms with E-state index in [4.69, 9.17) is 16.3 Å². The molecule has 2 heterocycles. The summed E-state index contributed by atoms with van der Waals surface area (Å²) in [5.41, 5.74) is -0.727. The number of nitrogens with one attached hydrogen (secondary N) is 1. The van der Waals surface area contributed by atoms with Crippen LogP contribution in [0, 0.1) is 17.6 Å². The number of halogens is 4. The molecule has 0 aliphatic carbocycles. The van der Waals surface area contributed by atoms with Crippen molar-refractivity contribution in [2.45, 2.75) is 22.5 Å². The highest BCUT2D eigenvalue weighted by Crippen LogP contribution is 2.40. The van der Waals surface area contributed by atoms with Crippen LogP contribution in [0.15, 0.2) is 29.2 Å². The van der Waals surface area contributed by atoms with E-state index in [9.17, 15) is 17.2 Å². The number of rotatable bonds is 7. The molecule has 0 unspecified atom stereocenters. The van der Waals surface area contributed by atoms with Gasteiger partial charge < -0.3 is 14.5 Å². The Morgan fingerprint density at radius 1 is 1.36 bits per heavy atom. The monoisotopic (exact) mass is 519 g/mol. The zero-order valence-corrected chi connectivity index (χ0v) is 20.8. The van der Waals surface area contributed by atoms with Gasteiger partial charge in [-0.25, -0.2) is 22.2 Å². The molecule has 1 fully saturated rings. The Labute approximate surface area is 199 Å². The molecule has 1 N–H and O–H groups in total. The molecule has 13 heteroatoms. The van der Waals surface area contributed by atoms with Gasteiger partial charge in [-0.1, -0.05) is 17.7 Å². The fraction of sp³-hybridized carbons (Fsp3) is 0.450. The third-order valence-corrected chi connectivity index (χ3v) is 8.00. The van der Waals surface area contributed by atoms with Gasteiger partial charge in [0.05, 0.1) is 11.3 Å². The summed E-state index contributed by atoms with van der Waals surface area (Å²) >= 11 is 6.20. The van der Waals surface area contributed by atoms with E-state index in [0.717, 1.165) is 18.2 Å². The van der Waals surface area contributed by atoms with E-state index >= 15 is 4.39 Å². The maximum Gasteiger partial charge on any atom is 0.268 e. The Bertz CT molecular complexity index is 1140. The third kappa shape index (κ3) is 5.29. The average Bonchev–Trinajstić information content (AvgIpc) is 2.71. The number of nitrogens with zero attached hydrogens (tertiary/aromatic N) is 3. The minimum Gasteiger partial charge on any atom is -0.375 e. The van der Waals surface area contributed by atoms with Crippen molar-refractivity contribution in [3.63, 3.8) is 0 Å². The van der Waals surface area contributed by atoms with Crippen LogP contribution in [-0.2, 0) is 14.8 Å². The molecular weight excluding hydrogens is 497 g/mol. The summed E-state index contributed by atoms with van der Waals surface area (Å²) in [5, 5.41) is -0.550. The Kier molecular flexibility index (Phi) is 7.64. The fourth-order valence-electron chi connectivity index (χ4n) is 3.93. The second kappa shape index (κ2) is 9.78. The van der Waals surface area contributed by atoms with Crippen molar-refractivity contribution < 1.29 is 26.3 Å². The van der Waals surface area contributed by atoms with Crippen LogP contribution in [-0.4, -0.2) is 75.0 Å². The van der Waals surface area contributed by atoms with Gasteiger partial charge in [0.1, 0.15) is 16.7 Å². The van der Waals surface area contributed by atoms with Crippen molar-refractivity contribution in [2.75, 3.05) is 50.5 Å². The first-order valence-corrected chi connectivity index (χ1v) is 12.3. The van der Waals surface area contributed by atoms with Crippen LogP contribution in [0.5, 0.6) is 0 Å². The molecule has 0 bridgehead atoms. The van der Waals surface area contributed by atoms with Gasteiger partial charge in [-0.2, -0.15) is 4.39 Å². The number of pyridine rings is 1. The summed E-state index contributed by atoms with van der Waals surface area (Å²) in [6.45, 7) is 1.18. The molecule has 1 saturated heterocycles. The molecule has 2 aromatic rings. The number of anilines is 2. The number of hydrogen-bond donors (Lipinski definition) is 1. The lowest BCUT2D eigenvalue weighted by atomic mass is 9.90. The fourth-order valence-corrected chi connectivity index (χ4v) is 5.83. The molecule has 1 aromatic carbocycles. The first kappa shape index (κ1) is 25.8. The Hall–Kier alpha value is -1.86. The lowest BCUT2D eigenvalue weighted by Crippen LogP contribution is -2.57. The molecule has 1 aliphatic heterocycles. The van der Waals surface area contributed by atoms with Crippen LogP contribution < -0.4 is 9.62 Å². The van der Waals surface area contributed by atoms with Gasteiger partial charge in [0.15, 0.2) is 10.7 Å². The van der Waals surface area contributed by atoms with Gasteiger partial charge in [-0.15, -0.1) is 0 Å². The number of likely N-dealkylation sites (N-methyl/N-ethyl adjacent to an activating group) is 1. The number of methoxy groups -OCH3 is 1. The Morgan fingerprint density at radius 3 is 2.67 bits per heavy atom. The van der Waals surface area contributed by atoms with E-state index in [1.165, 1.54) is 6.07 Å². The Balaban J connectivity index is 1.98. The summed E-state index contributed by atoms with van der Waals surface area (Å²) in [5.74, 6) is -4.18. The SMILES string of the molecule is CO[C@@]1(CN(C)C)CN(c2cc(F)c(S(=O)(=O)Nc3cccc(F)n3)c(F)c2Cl)CC[C@@H]1[Si]. The van der Waals surface area contributed by atoms with Crippen LogP contribution in [0.1, 0.15) is 6.42 Å². The molecule has 0 amide bonds. The van der Waals surface area contributed by atoms with Crippen molar-refractivity contribution in [1.29, 1.82) is 0 Å². The third-order valence-electron chi connectivity index (χ3n) is 5.43. The molecular formula is C20H23ClF3N4O3SSi. The highest BCUT2D eigenvalue weighted by molar-refractivity contribution is 7.92. The van der Waals surface area contributed by atoms with E-state index in [1.807, 2.05) is 23.7 Å².